The summed E-state index contributed by atoms with van der Waals surface area (Å²) in [7, 11) is 0. The summed E-state index contributed by atoms with van der Waals surface area (Å²) in [5.74, 6) is 0. The van der Waals surface area contributed by atoms with Crippen molar-refractivity contribution in [1.82, 2.24) is 0 Å². The maximum Gasteiger partial charge on any atom is 0.161 e. The van der Waals surface area contributed by atoms with E-state index in [1.165, 1.54) is 16.3 Å². The van der Waals surface area contributed by atoms with Gasteiger partial charge in [-0.3, -0.25) is 0 Å². The summed E-state index contributed by atoms with van der Waals surface area (Å²) in [4.78, 5) is 4.79. The van der Waals surface area contributed by atoms with Gasteiger partial charge in [0.25, 0.3) is 0 Å². The highest BCUT2D eigenvalue weighted by molar-refractivity contribution is 6.20. The Balaban J connectivity index is 1.15. The number of rotatable bonds is 9. The van der Waals surface area contributed by atoms with Crippen molar-refractivity contribution in [3.05, 3.63) is 255 Å². The number of anilines is 6. The SMILES string of the molecule is c1ccc(-c2ccc(N(c3ccccc3-c3ccccc3)c3ccc(N(c4ccccc4)c4ccccc4-c4ccc5ccccc5c4)c4oc5cc6ccccc6cc5c34)cc2)cc1. The van der Waals surface area contributed by atoms with Crippen LogP contribution < -0.4 is 9.80 Å². The molecule has 0 unspecified atom stereocenters. The molecule has 0 saturated carbocycles. The van der Waals surface area contributed by atoms with Crippen molar-refractivity contribution < 1.29 is 4.42 Å². The van der Waals surface area contributed by atoms with E-state index < -0.39 is 0 Å². The minimum atomic E-state index is 0.799. The molecular weight excluding hydrogens is 789 g/mol. The van der Waals surface area contributed by atoms with Crippen LogP contribution in [0.4, 0.5) is 34.1 Å². The molecule has 65 heavy (non-hydrogen) atoms. The molecule has 3 heteroatoms. The van der Waals surface area contributed by atoms with Crippen LogP contribution >= 0.6 is 0 Å². The van der Waals surface area contributed by atoms with Gasteiger partial charge in [0.1, 0.15) is 5.58 Å². The van der Waals surface area contributed by atoms with Gasteiger partial charge in [-0.1, -0.05) is 188 Å². The molecule has 0 amide bonds. The van der Waals surface area contributed by atoms with Crippen LogP contribution in [0.3, 0.4) is 0 Å². The Kier molecular flexibility index (Phi) is 9.50. The Labute approximate surface area is 378 Å². The van der Waals surface area contributed by atoms with E-state index in [1.807, 2.05) is 0 Å². The first-order valence-corrected chi connectivity index (χ1v) is 22.2. The number of nitrogens with zero attached hydrogens (tertiary/aromatic N) is 2. The largest absolute Gasteiger partial charge is 0.454 e. The van der Waals surface area contributed by atoms with Gasteiger partial charge in [0.15, 0.2) is 5.58 Å². The van der Waals surface area contributed by atoms with Gasteiger partial charge in [-0.2, -0.15) is 0 Å². The van der Waals surface area contributed by atoms with E-state index in [0.29, 0.717) is 0 Å². The van der Waals surface area contributed by atoms with Crippen molar-refractivity contribution in [2.24, 2.45) is 0 Å². The molecule has 0 saturated heterocycles. The van der Waals surface area contributed by atoms with Gasteiger partial charge in [0.2, 0.25) is 0 Å². The smallest absolute Gasteiger partial charge is 0.161 e. The highest BCUT2D eigenvalue weighted by atomic mass is 16.3. The fourth-order valence-corrected chi connectivity index (χ4v) is 9.52. The van der Waals surface area contributed by atoms with Gasteiger partial charge in [-0.05, 0) is 111 Å². The fraction of sp³-hybridized carbons (Fsp3) is 0. The molecule has 12 aromatic rings. The molecule has 0 aliphatic rings. The molecule has 306 valence electrons. The van der Waals surface area contributed by atoms with Crippen LogP contribution in [0.1, 0.15) is 0 Å². The first-order chi connectivity index (χ1) is 32.2. The van der Waals surface area contributed by atoms with Crippen LogP contribution in [-0.2, 0) is 0 Å². The zero-order valence-corrected chi connectivity index (χ0v) is 35.6. The number of furan rings is 1. The second-order valence-corrected chi connectivity index (χ2v) is 16.5. The number of para-hydroxylation sites is 3. The molecule has 0 aliphatic heterocycles. The van der Waals surface area contributed by atoms with Gasteiger partial charge in [-0.15, -0.1) is 0 Å². The molecule has 11 aromatic carbocycles. The fourth-order valence-electron chi connectivity index (χ4n) is 9.52. The van der Waals surface area contributed by atoms with Gasteiger partial charge in [0.05, 0.1) is 28.1 Å². The summed E-state index contributed by atoms with van der Waals surface area (Å²) in [6, 6.07) is 91.3. The Hall–Kier alpha value is -8.66. The quantitative estimate of drug-likeness (QED) is 0.144. The topological polar surface area (TPSA) is 19.6 Å². The van der Waals surface area contributed by atoms with Gasteiger partial charge in [-0.25, -0.2) is 0 Å². The number of fused-ring (bicyclic) bond motifs is 5. The lowest BCUT2D eigenvalue weighted by molar-refractivity contribution is 0.669. The molecule has 1 aromatic heterocycles. The lowest BCUT2D eigenvalue weighted by Crippen LogP contribution is -2.14. The standard InChI is InChI=1S/C62H42N2O/c1-4-18-43(19-5-1)45-34-36-52(37-35-45)63(56-30-16-14-28-53(56)46-21-6-2-7-22-46)58-38-39-59(62-61(58)55-41-48-24-12-13-25-49(48)42-60(55)65-62)64(51-26-8-3-9-27-51)57-31-17-15-29-54(57)50-33-32-44-20-10-11-23-47(44)40-50/h1-42H. The van der Waals surface area contributed by atoms with E-state index in [1.54, 1.807) is 0 Å². The minimum Gasteiger partial charge on any atom is -0.454 e. The Morgan fingerprint density at radius 2 is 0.738 bits per heavy atom. The van der Waals surface area contributed by atoms with Crippen LogP contribution in [-0.4, -0.2) is 0 Å². The lowest BCUT2D eigenvalue weighted by Gasteiger charge is -2.31. The van der Waals surface area contributed by atoms with Crippen molar-refractivity contribution >= 4 is 77.6 Å². The molecule has 0 fully saturated rings. The average Bonchev–Trinajstić information content (AvgIpc) is 3.76. The van der Waals surface area contributed by atoms with E-state index in [2.05, 4.69) is 265 Å². The third-order valence-corrected chi connectivity index (χ3v) is 12.6. The summed E-state index contributed by atoms with van der Waals surface area (Å²) < 4.78 is 7.30. The van der Waals surface area contributed by atoms with E-state index >= 15 is 0 Å². The van der Waals surface area contributed by atoms with Crippen molar-refractivity contribution in [2.75, 3.05) is 9.80 Å². The minimum absolute atomic E-state index is 0.799. The third kappa shape index (κ3) is 6.87. The highest BCUT2D eigenvalue weighted by Gasteiger charge is 2.27. The van der Waals surface area contributed by atoms with Gasteiger partial charge >= 0.3 is 0 Å². The number of hydrogen-bond acceptors (Lipinski definition) is 3. The Morgan fingerprint density at radius 3 is 1.42 bits per heavy atom. The highest BCUT2D eigenvalue weighted by Crippen LogP contribution is 2.51. The van der Waals surface area contributed by atoms with Crippen LogP contribution in [0.5, 0.6) is 0 Å². The first-order valence-electron chi connectivity index (χ1n) is 22.2. The molecule has 3 nitrogen and oxygen atoms in total. The van der Waals surface area contributed by atoms with E-state index in [4.69, 9.17) is 4.42 Å². The molecular formula is C62H42N2O. The predicted molar refractivity (Wildman–Crippen MR) is 274 cm³/mol. The van der Waals surface area contributed by atoms with Crippen molar-refractivity contribution in [1.29, 1.82) is 0 Å². The molecule has 0 aliphatic carbocycles. The average molecular weight is 831 g/mol. The molecule has 12 rings (SSSR count). The maximum absolute atomic E-state index is 7.30. The summed E-state index contributed by atoms with van der Waals surface area (Å²) in [5, 5.41) is 6.79. The number of benzene rings is 11. The van der Waals surface area contributed by atoms with Crippen molar-refractivity contribution in [3.8, 4) is 33.4 Å². The third-order valence-electron chi connectivity index (χ3n) is 12.6. The number of hydrogen-bond donors (Lipinski definition) is 0. The van der Waals surface area contributed by atoms with Crippen LogP contribution in [0.15, 0.2) is 259 Å². The normalized spacial score (nSPS) is 11.4. The summed E-state index contributed by atoms with van der Waals surface area (Å²) >= 11 is 0. The van der Waals surface area contributed by atoms with Crippen LogP contribution in [0, 0.1) is 0 Å². The zero-order chi connectivity index (χ0) is 43.1. The monoisotopic (exact) mass is 830 g/mol. The van der Waals surface area contributed by atoms with Crippen LogP contribution in [0.2, 0.25) is 0 Å². The first kappa shape index (κ1) is 38.0. The summed E-state index contributed by atoms with van der Waals surface area (Å²) in [6.45, 7) is 0. The zero-order valence-electron chi connectivity index (χ0n) is 35.6. The van der Waals surface area contributed by atoms with Crippen molar-refractivity contribution in [2.45, 2.75) is 0 Å². The van der Waals surface area contributed by atoms with Crippen LogP contribution in [0.25, 0.3) is 76.9 Å². The lowest BCUT2D eigenvalue weighted by atomic mass is 9.98. The predicted octanol–water partition coefficient (Wildman–Crippen LogP) is 17.8. The van der Waals surface area contributed by atoms with E-state index in [9.17, 15) is 0 Å². The molecule has 0 radical (unpaired) electrons. The second-order valence-electron chi connectivity index (χ2n) is 16.5. The maximum atomic E-state index is 7.30. The van der Waals surface area contributed by atoms with E-state index in [-0.39, 0.29) is 0 Å². The van der Waals surface area contributed by atoms with E-state index in [0.717, 1.165) is 94.7 Å². The Morgan fingerprint density at radius 1 is 0.277 bits per heavy atom. The van der Waals surface area contributed by atoms with Gasteiger partial charge in [0, 0.05) is 27.9 Å². The summed E-state index contributed by atoms with van der Waals surface area (Å²) in [5.41, 5.74) is 14.7. The van der Waals surface area contributed by atoms with Crippen molar-refractivity contribution in [3.63, 3.8) is 0 Å². The molecule has 0 spiro atoms. The van der Waals surface area contributed by atoms with Gasteiger partial charge < -0.3 is 14.2 Å². The second kappa shape index (κ2) is 16.2. The molecule has 0 bridgehead atoms. The molecule has 0 atom stereocenters. The molecule has 1 heterocycles. The Bertz CT molecular complexity index is 3650. The molecule has 0 N–H and O–H groups in total. The summed E-state index contributed by atoms with van der Waals surface area (Å²) in [6.07, 6.45) is 0.